The van der Waals surface area contributed by atoms with Crippen molar-refractivity contribution in [1.29, 1.82) is 0 Å². The maximum atomic E-state index is 3.66. The molecule has 1 N–H and O–H groups in total. The average molecular weight is 217 g/mol. The molecule has 0 heterocycles. The predicted molar refractivity (Wildman–Crippen MR) is 69.2 cm³/mol. The molecule has 2 unspecified atom stereocenters. The summed E-state index contributed by atoms with van der Waals surface area (Å²) in [7, 11) is 0. The molecule has 0 saturated carbocycles. The molecule has 0 aliphatic heterocycles. The maximum absolute atomic E-state index is 3.66. The van der Waals surface area contributed by atoms with Gasteiger partial charge in [-0.2, -0.15) is 11.8 Å². The van der Waals surface area contributed by atoms with E-state index in [1.807, 2.05) is 11.8 Å². The topological polar surface area (TPSA) is 12.0 Å². The first-order valence-electron chi connectivity index (χ1n) is 5.95. The molecule has 2 heteroatoms. The Morgan fingerprint density at radius 2 is 1.71 bits per heavy atom. The normalized spacial score (nSPS) is 15.4. The fourth-order valence-electron chi connectivity index (χ4n) is 1.65. The maximum Gasteiger partial charge on any atom is 0.00490 e. The highest BCUT2D eigenvalue weighted by Gasteiger charge is 2.06. The fraction of sp³-hybridized carbons (Fsp3) is 1.00. The lowest BCUT2D eigenvalue weighted by Gasteiger charge is -2.19. The molecule has 0 aromatic carbocycles. The van der Waals surface area contributed by atoms with Gasteiger partial charge in [-0.05, 0) is 38.7 Å². The van der Waals surface area contributed by atoms with E-state index in [0.717, 1.165) is 0 Å². The van der Waals surface area contributed by atoms with Crippen LogP contribution in [0.4, 0.5) is 0 Å². The Morgan fingerprint density at radius 1 is 1.07 bits per heavy atom. The summed E-state index contributed by atoms with van der Waals surface area (Å²) in [6.45, 7) is 6.87. The van der Waals surface area contributed by atoms with E-state index in [1.54, 1.807) is 0 Å². The van der Waals surface area contributed by atoms with Gasteiger partial charge in [0.15, 0.2) is 0 Å². The van der Waals surface area contributed by atoms with E-state index < -0.39 is 0 Å². The quantitative estimate of drug-likeness (QED) is 0.591. The Hall–Kier alpha value is 0.310. The van der Waals surface area contributed by atoms with Gasteiger partial charge in [0.05, 0.1) is 0 Å². The molecule has 0 aromatic heterocycles. The standard InChI is InChI=1S/C12H27NS/c1-5-6-7-8-11(2)13-12(3)9-10-14-4/h11-13H,5-10H2,1-4H3. The summed E-state index contributed by atoms with van der Waals surface area (Å²) in [5.41, 5.74) is 0. The van der Waals surface area contributed by atoms with Gasteiger partial charge in [0.25, 0.3) is 0 Å². The minimum Gasteiger partial charge on any atom is -0.312 e. The third-order valence-corrected chi connectivity index (χ3v) is 3.21. The molecule has 0 aliphatic carbocycles. The Kier molecular flexibility index (Phi) is 10.1. The number of unbranched alkanes of at least 4 members (excludes halogenated alkanes) is 2. The number of thioether (sulfide) groups is 1. The SMILES string of the molecule is CCCCCC(C)NC(C)CCSC. The Morgan fingerprint density at radius 3 is 2.29 bits per heavy atom. The summed E-state index contributed by atoms with van der Waals surface area (Å²) in [6.07, 6.45) is 8.88. The van der Waals surface area contributed by atoms with Crippen molar-refractivity contribution in [3.8, 4) is 0 Å². The van der Waals surface area contributed by atoms with Crippen molar-refractivity contribution in [2.24, 2.45) is 0 Å². The van der Waals surface area contributed by atoms with Crippen LogP contribution in [0.15, 0.2) is 0 Å². The van der Waals surface area contributed by atoms with Crippen LogP contribution < -0.4 is 5.32 Å². The Labute approximate surface area is 94.4 Å². The van der Waals surface area contributed by atoms with E-state index in [2.05, 4.69) is 32.3 Å². The second-order valence-electron chi connectivity index (χ2n) is 4.25. The van der Waals surface area contributed by atoms with Crippen molar-refractivity contribution in [2.75, 3.05) is 12.0 Å². The van der Waals surface area contributed by atoms with Crippen molar-refractivity contribution in [3.63, 3.8) is 0 Å². The lowest BCUT2D eigenvalue weighted by atomic mass is 10.1. The number of hydrogen-bond donors (Lipinski definition) is 1. The van der Waals surface area contributed by atoms with Gasteiger partial charge < -0.3 is 5.32 Å². The van der Waals surface area contributed by atoms with E-state index >= 15 is 0 Å². The van der Waals surface area contributed by atoms with Gasteiger partial charge in [-0.25, -0.2) is 0 Å². The third kappa shape index (κ3) is 8.89. The summed E-state index contributed by atoms with van der Waals surface area (Å²) < 4.78 is 0. The monoisotopic (exact) mass is 217 g/mol. The minimum atomic E-state index is 0.680. The summed E-state index contributed by atoms with van der Waals surface area (Å²) in [5, 5.41) is 3.66. The van der Waals surface area contributed by atoms with Gasteiger partial charge in [-0.3, -0.25) is 0 Å². The van der Waals surface area contributed by atoms with E-state index in [0.29, 0.717) is 12.1 Å². The predicted octanol–water partition coefficient (Wildman–Crippen LogP) is 3.69. The molecule has 0 aliphatic rings. The molecule has 0 radical (unpaired) electrons. The minimum absolute atomic E-state index is 0.680. The van der Waals surface area contributed by atoms with Gasteiger partial charge in [0.1, 0.15) is 0 Å². The zero-order chi connectivity index (χ0) is 10.8. The van der Waals surface area contributed by atoms with Crippen molar-refractivity contribution >= 4 is 11.8 Å². The van der Waals surface area contributed by atoms with Crippen molar-refractivity contribution in [2.45, 2.75) is 65.0 Å². The van der Waals surface area contributed by atoms with Crippen molar-refractivity contribution in [1.82, 2.24) is 5.32 Å². The van der Waals surface area contributed by atoms with Crippen LogP contribution in [0.5, 0.6) is 0 Å². The lowest BCUT2D eigenvalue weighted by molar-refractivity contribution is 0.426. The van der Waals surface area contributed by atoms with E-state index in [-0.39, 0.29) is 0 Å². The first-order chi connectivity index (χ1) is 6.70. The van der Waals surface area contributed by atoms with Crippen molar-refractivity contribution < 1.29 is 0 Å². The number of nitrogens with one attached hydrogen (secondary N) is 1. The molecular formula is C12H27NS. The summed E-state index contributed by atoms with van der Waals surface area (Å²) in [6, 6.07) is 1.37. The van der Waals surface area contributed by atoms with E-state index in [4.69, 9.17) is 0 Å². The fourth-order valence-corrected chi connectivity index (χ4v) is 2.24. The van der Waals surface area contributed by atoms with E-state index in [9.17, 15) is 0 Å². The summed E-state index contributed by atoms with van der Waals surface area (Å²) >= 11 is 1.94. The molecule has 1 nitrogen and oxygen atoms in total. The molecule has 2 atom stereocenters. The Balaban J connectivity index is 3.35. The third-order valence-electron chi connectivity index (χ3n) is 2.56. The second kappa shape index (κ2) is 9.85. The van der Waals surface area contributed by atoms with Crippen LogP contribution in [-0.4, -0.2) is 24.1 Å². The van der Waals surface area contributed by atoms with Gasteiger partial charge >= 0.3 is 0 Å². The molecular weight excluding hydrogens is 190 g/mol. The molecule has 0 spiro atoms. The highest BCUT2D eigenvalue weighted by molar-refractivity contribution is 7.98. The molecule has 0 aromatic rings. The largest absolute Gasteiger partial charge is 0.312 e. The first-order valence-corrected chi connectivity index (χ1v) is 7.35. The summed E-state index contributed by atoms with van der Waals surface area (Å²) in [4.78, 5) is 0. The van der Waals surface area contributed by atoms with Crippen LogP contribution in [0.2, 0.25) is 0 Å². The highest BCUT2D eigenvalue weighted by atomic mass is 32.2. The molecule has 14 heavy (non-hydrogen) atoms. The molecule has 0 saturated heterocycles. The zero-order valence-electron chi connectivity index (χ0n) is 10.3. The van der Waals surface area contributed by atoms with Crippen LogP contribution in [-0.2, 0) is 0 Å². The first kappa shape index (κ1) is 14.3. The van der Waals surface area contributed by atoms with Crippen LogP contribution in [0.25, 0.3) is 0 Å². The smallest absolute Gasteiger partial charge is 0.00490 e. The van der Waals surface area contributed by atoms with Crippen LogP contribution in [0.3, 0.4) is 0 Å². The molecule has 0 bridgehead atoms. The number of hydrogen-bond acceptors (Lipinski definition) is 2. The molecule has 0 fully saturated rings. The van der Waals surface area contributed by atoms with Crippen LogP contribution in [0.1, 0.15) is 52.9 Å². The Bertz CT molecular complexity index is 117. The van der Waals surface area contributed by atoms with Crippen LogP contribution in [0, 0.1) is 0 Å². The van der Waals surface area contributed by atoms with Gasteiger partial charge in [-0.15, -0.1) is 0 Å². The van der Waals surface area contributed by atoms with Gasteiger partial charge in [-0.1, -0.05) is 26.2 Å². The van der Waals surface area contributed by atoms with E-state index in [1.165, 1.54) is 37.9 Å². The highest BCUT2D eigenvalue weighted by Crippen LogP contribution is 2.06. The molecule has 0 rings (SSSR count). The van der Waals surface area contributed by atoms with Gasteiger partial charge in [0.2, 0.25) is 0 Å². The summed E-state index contributed by atoms with van der Waals surface area (Å²) in [5.74, 6) is 1.27. The number of rotatable bonds is 9. The van der Waals surface area contributed by atoms with Gasteiger partial charge in [0, 0.05) is 12.1 Å². The van der Waals surface area contributed by atoms with Crippen LogP contribution >= 0.6 is 11.8 Å². The molecule has 86 valence electrons. The molecule has 0 amide bonds. The zero-order valence-corrected chi connectivity index (χ0v) is 11.1. The lowest BCUT2D eigenvalue weighted by Crippen LogP contribution is -2.34. The van der Waals surface area contributed by atoms with Crippen molar-refractivity contribution in [3.05, 3.63) is 0 Å². The average Bonchev–Trinajstić information content (AvgIpc) is 2.15. The second-order valence-corrected chi connectivity index (χ2v) is 5.23.